The first-order chi connectivity index (χ1) is 14.1. The normalized spacial score (nSPS) is 54.4. The van der Waals surface area contributed by atoms with E-state index in [1.807, 2.05) is 0 Å². The zero-order valence-electron chi connectivity index (χ0n) is 20.3. The molecule has 0 aromatic heterocycles. The fourth-order valence-corrected chi connectivity index (χ4v) is 9.80. The first-order valence-corrected chi connectivity index (χ1v) is 13.1. The number of fused-ring (bicyclic) bond motifs is 5. The van der Waals surface area contributed by atoms with Gasteiger partial charge in [0.2, 0.25) is 0 Å². The summed E-state index contributed by atoms with van der Waals surface area (Å²) in [6.07, 6.45) is 7.45. The molecule has 4 rings (SSSR count). The highest BCUT2D eigenvalue weighted by molar-refractivity contribution is 5.15. The monoisotopic (exact) mass is 420 g/mol. The van der Waals surface area contributed by atoms with Gasteiger partial charge in [0.25, 0.3) is 0 Å². The Bertz CT molecular complexity index is 619. The molecule has 4 aliphatic rings. The summed E-state index contributed by atoms with van der Waals surface area (Å²) < 4.78 is 0. The third-order valence-electron chi connectivity index (χ3n) is 11.1. The second-order valence-electron chi connectivity index (χ2n) is 12.8. The van der Waals surface area contributed by atoms with Crippen LogP contribution in [0.1, 0.15) is 92.9 Å². The van der Waals surface area contributed by atoms with E-state index in [-0.39, 0.29) is 35.1 Å². The lowest BCUT2D eigenvalue weighted by Gasteiger charge is -2.65. The van der Waals surface area contributed by atoms with Gasteiger partial charge in [0.15, 0.2) is 0 Å². The van der Waals surface area contributed by atoms with Gasteiger partial charge in [-0.3, -0.25) is 0 Å². The van der Waals surface area contributed by atoms with Crippen LogP contribution in [0, 0.1) is 58.2 Å². The van der Waals surface area contributed by atoms with Crippen molar-refractivity contribution < 1.29 is 15.3 Å². The number of aliphatic hydroxyl groups is 3. The van der Waals surface area contributed by atoms with Crippen molar-refractivity contribution in [3.05, 3.63) is 0 Å². The molecule has 0 aromatic rings. The van der Waals surface area contributed by atoms with E-state index >= 15 is 0 Å². The van der Waals surface area contributed by atoms with Crippen molar-refractivity contribution in [3.63, 3.8) is 0 Å². The molecule has 0 saturated heterocycles. The third-order valence-corrected chi connectivity index (χ3v) is 11.1. The molecule has 0 amide bonds. The average Bonchev–Trinajstić information content (AvgIpc) is 3.02. The molecular weight excluding hydrogens is 372 g/mol. The maximum atomic E-state index is 11.8. The molecular formula is C27H48O3. The Morgan fingerprint density at radius 1 is 0.900 bits per heavy atom. The Morgan fingerprint density at radius 2 is 1.60 bits per heavy atom. The third kappa shape index (κ3) is 3.24. The summed E-state index contributed by atoms with van der Waals surface area (Å²) in [7, 11) is 0. The van der Waals surface area contributed by atoms with Gasteiger partial charge >= 0.3 is 0 Å². The van der Waals surface area contributed by atoms with E-state index in [1.54, 1.807) is 0 Å². The summed E-state index contributed by atoms with van der Waals surface area (Å²) in [5, 5.41) is 33.9. The van der Waals surface area contributed by atoms with Crippen molar-refractivity contribution in [1.82, 2.24) is 0 Å². The van der Waals surface area contributed by atoms with Crippen LogP contribution in [0.25, 0.3) is 0 Å². The Balaban J connectivity index is 1.70. The second-order valence-corrected chi connectivity index (χ2v) is 12.8. The van der Waals surface area contributed by atoms with Crippen LogP contribution < -0.4 is 0 Å². The molecule has 30 heavy (non-hydrogen) atoms. The largest absolute Gasteiger partial charge is 0.393 e. The van der Waals surface area contributed by atoms with Gasteiger partial charge in [-0.25, -0.2) is 0 Å². The molecule has 4 saturated carbocycles. The van der Waals surface area contributed by atoms with Crippen LogP contribution in [0.15, 0.2) is 0 Å². The molecule has 12 atom stereocenters. The molecule has 3 heteroatoms. The molecule has 174 valence electrons. The van der Waals surface area contributed by atoms with Crippen molar-refractivity contribution in [1.29, 1.82) is 0 Å². The molecule has 5 unspecified atom stereocenters. The lowest BCUT2D eigenvalue weighted by Crippen LogP contribution is -2.65. The topological polar surface area (TPSA) is 60.7 Å². The van der Waals surface area contributed by atoms with E-state index < -0.39 is 0 Å². The van der Waals surface area contributed by atoms with Gasteiger partial charge in [-0.15, -0.1) is 0 Å². The smallest absolute Gasteiger partial charge is 0.0605 e. The van der Waals surface area contributed by atoms with E-state index in [4.69, 9.17) is 0 Å². The highest BCUT2D eigenvalue weighted by Gasteiger charge is 2.67. The first kappa shape index (κ1) is 23.1. The van der Waals surface area contributed by atoms with E-state index in [0.29, 0.717) is 41.4 Å². The predicted molar refractivity (Wildman–Crippen MR) is 122 cm³/mol. The lowest BCUT2D eigenvalue weighted by molar-refractivity contribution is -0.228. The zero-order chi connectivity index (χ0) is 22.0. The highest BCUT2D eigenvalue weighted by atomic mass is 16.3. The minimum Gasteiger partial charge on any atom is -0.393 e. The van der Waals surface area contributed by atoms with Crippen molar-refractivity contribution in [3.8, 4) is 0 Å². The Hall–Kier alpha value is -0.120. The van der Waals surface area contributed by atoms with Crippen LogP contribution >= 0.6 is 0 Å². The molecule has 3 N–H and O–H groups in total. The van der Waals surface area contributed by atoms with Crippen LogP contribution in [0.4, 0.5) is 0 Å². The second kappa shape index (κ2) is 8.03. The van der Waals surface area contributed by atoms with E-state index in [2.05, 4.69) is 41.5 Å². The van der Waals surface area contributed by atoms with Crippen molar-refractivity contribution in [2.75, 3.05) is 0 Å². The fraction of sp³-hybridized carbons (Fsp3) is 1.00. The molecule has 3 nitrogen and oxygen atoms in total. The summed E-state index contributed by atoms with van der Waals surface area (Å²) in [5.74, 6) is 3.69. The SMILES string of the molecule is CC[C@H]1[C@@H](O)C2C3CCC(C(C)CC(C)C)[C@@]3(C)[C@@H](O)CC2[C@@]2(C)CC[C@@H](O)C[C@@H]12. The minimum atomic E-state index is -0.278. The van der Waals surface area contributed by atoms with Gasteiger partial charge < -0.3 is 15.3 Å². The summed E-state index contributed by atoms with van der Waals surface area (Å²) in [5.41, 5.74) is 0.0832. The minimum absolute atomic E-state index is 0.0634. The van der Waals surface area contributed by atoms with Crippen molar-refractivity contribution in [2.45, 2.75) is 111 Å². The van der Waals surface area contributed by atoms with Crippen LogP contribution in [0.5, 0.6) is 0 Å². The average molecular weight is 421 g/mol. The van der Waals surface area contributed by atoms with Gasteiger partial charge in [0, 0.05) is 0 Å². The van der Waals surface area contributed by atoms with Crippen molar-refractivity contribution in [2.24, 2.45) is 58.2 Å². The number of hydrogen-bond acceptors (Lipinski definition) is 3. The molecule has 4 aliphatic carbocycles. The van der Waals surface area contributed by atoms with Crippen molar-refractivity contribution >= 4 is 0 Å². The van der Waals surface area contributed by atoms with E-state index in [0.717, 1.165) is 32.1 Å². The highest BCUT2D eigenvalue weighted by Crippen LogP contribution is 2.69. The lowest BCUT2D eigenvalue weighted by atomic mass is 9.41. The maximum Gasteiger partial charge on any atom is 0.0605 e. The van der Waals surface area contributed by atoms with E-state index in [1.165, 1.54) is 19.3 Å². The van der Waals surface area contributed by atoms with Gasteiger partial charge in [0.1, 0.15) is 0 Å². The summed E-state index contributed by atoms with van der Waals surface area (Å²) in [6.45, 7) is 14.1. The van der Waals surface area contributed by atoms with Gasteiger partial charge in [-0.05, 0) is 103 Å². The molecule has 0 heterocycles. The molecule has 0 bridgehead atoms. The van der Waals surface area contributed by atoms with Gasteiger partial charge in [0.05, 0.1) is 18.3 Å². The number of hydrogen-bond donors (Lipinski definition) is 3. The fourth-order valence-electron chi connectivity index (χ4n) is 9.80. The van der Waals surface area contributed by atoms with E-state index in [9.17, 15) is 15.3 Å². The van der Waals surface area contributed by atoms with Crippen LogP contribution in [-0.2, 0) is 0 Å². The number of rotatable bonds is 4. The van der Waals surface area contributed by atoms with Gasteiger partial charge in [-0.1, -0.05) is 48.0 Å². The first-order valence-electron chi connectivity index (χ1n) is 13.1. The standard InChI is InChI=1S/C27H48O3/c1-7-18-21-13-17(28)10-11-26(21,5)22-14-23(29)27(6)19(16(4)12-15(2)3)8-9-20(27)24(22)25(18)30/h15-25,28-30H,7-14H2,1-6H3/t16?,17-,18-,19?,20?,21+,22?,23+,24?,25-,26+,27-/m1/s1. The molecule has 4 fully saturated rings. The molecule has 0 radical (unpaired) electrons. The van der Waals surface area contributed by atoms with Crippen LogP contribution in [-0.4, -0.2) is 33.6 Å². The predicted octanol–water partition coefficient (Wildman–Crippen LogP) is 5.27. The maximum absolute atomic E-state index is 11.8. The zero-order valence-corrected chi connectivity index (χ0v) is 20.3. The Kier molecular flexibility index (Phi) is 6.17. The summed E-state index contributed by atoms with van der Waals surface area (Å²) in [4.78, 5) is 0. The molecule has 0 aliphatic heterocycles. The Morgan fingerprint density at radius 3 is 2.23 bits per heavy atom. The summed E-state index contributed by atoms with van der Waals surface area (Å²) in [6, 6.07) is 0. The Labute approximate surface area is 185 Å². The summed E-state index contributed by atoms with van der Waals surface area (Å²) >= 11 is 0. The molecule has 0 aromatic carbocycles. The number of aliphatic hydroxyl groups excluding tert-OH is 3. The van der Waals surface area contributed by atoms with Gasteiger partial charge in [-0.2, -0.15) is 0 Å². The van der Waals surface area contributed by atoms with Crippen LogP contribution in [0.2, 0.25) is 0 Å². The quantitative estimate of drug-likeness (QED) is 0.581. The van der Waals surface area contributed by atoms with Crippen LogP contribution in [0.3, 0.4) is 0 Å². The molecule has 0 spiro atoms.